The average Bonchev–Trinajstić information content (AvgIpc) is 2.70. The highest BCUT2D eigenvalue weighted by Gasteiger charge is 2.17. The lowest BCUT2D eigenvalue weighted by atomic mass is 10.2. The van der Waals surface area contributed by atoms with Gasteiger partial charge in [0.05, 0.1) is 5.69 Å². The largest absolute Gasteiger partial charge is 0.370 e. The Labute approximate surface area is 89.3 Å². The normalized spacial score (nSPS) is 15.8. The number of rotatable bonds is 2. The molecule has 82 valence electrons. The molecule has 15 heavy (non-hydrogen) atoms. The Morgan fingerprint density at radius 1 is 1.20 bits per heavy atom. The predicted molar refractivity (Wildman–Crippen MR) is 58.7 cm³/mol. The molecular weight excluding hydrogens is 192 g/mol. The summed E-state index contributed by atoms with van der Waals surface area (Å²) in [7, 11) is 0. The number of aryl methyl sites for hydroxylation is 1. The predicted octanol–water partition coefficient (Wildman–Crippen LogP) is 2.18. The van der Waals surface area contributed by atoms with Gasteiger partial charge in [-0.25, -0.2) is 0 Å². The van der Waals surface area contributed by atoms with E-state index in [9.17, 15) is 0 Å². The van der Waals surface area contributed by atoms with E-state index in [0.717, 1.165) is 24.3 Å². The maximum atomic E-state index is 9.15. The van der Waals surface area contributed by atoms with Gasteiger partial charge in [-0.2, -0.15) is 0 Å². The molecule has 1 aliphatic heterocycles. The zero-order valence-corrected chi connectivity index (χ0v) is 8.85. The fourth-order valence-corrected chi connectivity index (χ4v) is 2.02. The molecule has 0 radical (unpaired) electrons. The van der Waals surface area contributed by atoms with E-state index in [0.29, 0.717) is 5.69 Å². The lowest BCUT2D eigenvalue weighted by molar-refractivity contribution is 0.0294. The van der Waals surface area contributed by atoms with Crippen LogP contribution in [0.25, 0.3) is 0 Å². The molecule has 4 heteroatoms. The molecule has 0 aliphatic carbocycles. The molecule has 0 spiro atoms. The first kappa shape index (κ1) is 10.3. The van der Waals surface area contributed by atoms with Crippen LogP contribution in [0.4, 0.5) is 11.4 Å². The zero-order chi connectivity index (χ0) is 10.8. The molecule has 0 unspecified atom stereocenters. The third-order valence-corrected chi connectivity index (χ3v) is 2.79. The van der Waals surface area contributed by atoms with E-state index in [2.05, 4.69) is 4.90 Å². The summed E-state index contributed by atoms with van der Waals surface area (Å²) in [5.74, 6) is 0. The molecule has 0 bridgehead atoms. The Morgan fingerprint density at radius 2 is 1.87 bits per heavy atom. The standard InChI is InChI=1S/C11H16N2O2/c1-9-4-5-10(11(8-9)13(14)15)12-6-2-3-7-12/h4-5,8,14-15H,2-3,6-7H2,1H3. The molecule has 2 N–H and O–H groups in total. The minimum Gasteiger partial charge on any atom is -0.370 e. The fraction of sp³-hybridized carbons (Fsp3) is 0.455. The first-order chi connectivity index (χ1) is 7.18. The quantitative estimate of drug-likeness (QED) is 0.731. The maximum Gasteiger partial charge on any atom is 0.118 e. The molecule has 1 aromatic rings. The van der Waals surface area contributed by atoms with Crippen LogP contribution in [0.15, 0.2) is 18.2 Å². The van der Waals surface area contributed by atoms with Gasteiger partial charge in [-0.3, -0.25) is 10.4 Å². The van der Waals surface area contributed by atoms with Crippen molar-refractivity contribution in [3.8, 4) is 0 Å². The summed E-state index contributed by atoms with van der Waals surface area (Å²) in [5.41, 5.74) is 2.36. The summed E-state index contributed by atoms with van der Waals surface area (Å²) in [6.45, 7) is 3.91. The summed E-state index contributed by atoms with van der Waals surface area (Å²) >= 11 is 0. The molecule has 1 aromatic carbocycles. The number of benzene rings is 1. The Morgan fingerprint density at radius 3 is 2.47 bits per heavy atom. The van der Waals surface area contributed by atoms with Crippen molar-refractivity contribution in [3.05, 3.63) is 23.8 Å². The lowest BCUT2D eigenvalue weighted by Crippen LogP contribution is -2.22. The molecule has 1 heterocycles. The van der Waals surface area contributed by atoms with Gasteiger partial charge in [0.2, 0.25) is 0 Å². The van der Waals surface area contributed by atoms with Crippen molar-refractivity contribution in [3.63, 3.8) is 0 Å². The molecular formula is C11H16N2O2. The number of hydrogen-bond acceptors (Lipinski definition) is 4. The summed E-state index contributed by atoms with van der Waals surface area (Å²) in [4.78, 5) is 2.17. The van der Waals surface area contributed by atoms with Gasteiger partial charge in [-0.15, -0.1) is 5.23 Å². The van der Waals surface area contributed by atoms with Gasteiger partial charge in [0.15, 0.2) is 0 Å². The third-order valence-electron chi connectivity index (χ3n) is 2.79. The van der Waals surface area contributed by atoms with E-state index >= 15 is 0 Å². The van der Waals surface area contributed by atoms with Crippen LogP contribution >= 0.6 is 0 Å². The molecule has 1 saturated heterocycles. The van der Waals surface area contributed by atoms with E-state index in [4.69, 9.17) is 10.4 Å². The SMILES string of the molecule is Cc1ccc(N2CCCC2)c(N(O)O)c1. The van der Waals surface area contributed by atoms with Crippen molar-refractivity contribution in [2.45, 2.75) is 19.8 Å². The fourth-order valence-electron chi connectivity index (χ4n) is 2.02. The highest BCUT2D eigenvalue weighted by atomic mass is 16.8. The van der Waals surface area contributed by atoms with Crippen molar-refractivity contribution in [2.24, 2.45) is 0 Å². The monoisotopic (exact) mass is 208 g/mol. The molecule has 0 saturated carbocycles. The Bertz CT molecular complexity index is 346. The number of hydrogen-bond donors (Lipinski definition) is 2. The van der Waals surface area contributed by atoms with Crippen LogP contribution in [-0.2, 0) is 0 Å². The molecule has 1 aliphatic rings. The highest BCUT2D eigenvalue weighted by Crippen LogP contribution is 2.31. The Kier molecular flexibility index (Phi) is 2.79. The van der Waals surface area contributed by atoms with Crippen LogP contribution < -0.4 is 10.1 Å². The first-order valence-corrected chi connectivity index (χ1v) is 5.22. The Hall–Kier alpha value is -1.26. The summed E-state index contributed by atoms with van der Waals surface area (Å²) in [6.07, 6.45) is 2.34. The van der Waals surface area contributed by atoms with Crippen LogP contribution in [0.1, 0.15) is 18.4 Å². The first-order valence-electron chi connectivity index (χ1n) is 5.22. The van der Waals surface area contributed by atoms with Crippen molar-refractivity contribution in [2.75, 3.05) is 23.2 Å². The van der Waals surface area contributed by atoms with Crippen molar-refractivity contribution in [1.29, 1.82) is 0 Å². The van der Waals surface area contributed by atoms with Crippen LogP contribution in [-0.4, -0.2) is 23.5 Å². The van der Waals surface area contributed by atoms with Gasteiger partial charge in [0.1, 0.15) is 5.69 Å². The van der Waals surface area contributed by atoms with Gasteiger partial charge in [0, 0.05) is 13.1 Å². The molecule has 2 rings (SSSR count). The van der Waals surface area contributed by atoms with Crippen molar-refractivity contribution >= 4 is 11.4 Å². The van der Waals surface area contributed by atoms with Crippen LogP contribution in [0.2, 0.25) is 0 Å². The summed E-state index contributed by atoms with van der Waals surface area (Å²) in [6, 6.07) is 5.70. The van der Waals surface area contributed by atoms with Crippen LogP contribution in [0, 0.1) is 6.92 Å². The highest BCUT2D eigenvalue weighted by molar-refractivity contribution is 5.70. The van der Waals surface area contributed by atoms with E-state index < -0.39 is 0 Å². The second-order valence-corrected chi connectivity index (χ2v) is 3.98. The molecule has 4 nitrogen and oxygen atoms in total. The van der Waals surface area contributed by atoms with E-state index in [1.165, 1.54) is 12.8 Å². The molecule has 0 aromatic heterocycles. The average molecular weight is 208 g/mol. The van der Waals surface area contributed by atoms with Gasteiger partial charge in [0.25, 0.3) is 0 Å². The van der Waals surface area contributed by atoms with Gasteiger partial charge >= 0.3 is 0 Å². The number of nitrogens with zero attached hydrogens (tertiary/aromatic N) is 2. The van der Waals surface area contributed by atoms with E-state index in [1.54, 1.807) is 6.07 Å². The smallest absolute Gasteiger partial charge is 0.118 e. The van der Waals surface area contributed by atoms with Crippen LogP contribution in [0.5, 0.6) is 0 Å². The topological polar surface area (TPSA) is 46.9 Å². The maximum absolute atomic E-state index is 9.15. The second-order valence-electron chi connectivity index (χ2n) is 3.98. The number of anilines is 2. The third kappa shape index (κ3) is 2.06. The minimum absolute atomic E-state index is 0.209. The summed E-state index contributed by atoms with van der Waals surface area (Å²) < 4.78 is 0. The molecule has 0 atom stereocenters. The molecule has 1 fully saturated rings. The van der Waals surface area contributed by atoms with Crippen molar-refractivity contribution < 1.29 is 10.4 Å². The van der Waals surface area contributed by atoms with Gasteiger partial charge < -0.3 is 4.90 Å². The summed E-state index contributed by atoms with van der Waals surface area (Å²) in [5, 5.41) is 18.5. The lowest BCUT2D eigenvalue weighted by Gasteiger charge is -2.23. The van der Waals surface area contributed by atoms with Crippen LogP contribution in [0.3, 0.4) is 0 Å². The van der Waals surface area contributed by atoms with Gasteiger partial charge in [-0.05, 0) is 37.5 Å². The van der Waals surface area contributed by atoms with E-state index in [-0.39, 0.29) is 5.23 Å². The molecule has 0 amide bonds. The zero-order valence-electron chi connectivity index (χ0n) is 8.85. The minimum atomic E-state index is 0.209. The Balaban J connectivity index is 2.36. The van der Waals surface area contributed by atoms with Gasteiger partial charge in [-0.1, -0.05) is 6.07 Å². The second kappa shape index (κ2) is 4.08. The van der Waals surface area contributed by atoms with E-state index in [1.807, 2.05) is 19.1 Å². The van der Waals surface area contributed by atoms with Crippen molar-refractivity contribution in [1.82, 2.24) is 0 Å².